The standard InChI is InChI=1S/C14H19NO3/c1-3-17-14(16)15-8-9-18-13(10-15)12-6-4-11(2)5-7-12/h4-7,13H,3,8-10H2,1-2H3. The van der Waals surface area contributed by atoms with Crippen LogP contribution in [0.3, 0.4) is 0 Å². The van der Waals surface area contributed by atoms with Gasteiger partial charge in [0.2, 0.25) is 0 Å². The van der Waals surface area contributed by atoms with Crippen molar-refractivity contribution in [1.29, 1.82) is 0 Å². The van der Waals surface area contributed by atoms with Crippen molar-refractivity contribution in [2.45, 2.75) is 20.0 Å². The molecule has 0 aliphatic carbocycles. The van der Waals surface area contributed by atoms with Gasteiger partial charge in [-0.05, 0) is 19.4 Å². The highest BCUT2D eigenvalue weighted by Gasteiger charge is 2.25. The van der Waals surface area contributed by atoms with E-state index in [0.717, 1.165) is 5.56 Å². The van der Waals surface area contributed by atoms with E-state index in [1.807, 2.05) is 6.92 Å². The molecule has 1 aliphatic heterocycles. The normalized spacial score (nSPS) is 19.7. The molecule has 0 N–H and O–H groups in total. The molecule has 1 aliphatic rings. The Kier molecular flexibility index (Phi) is 4.20. The maximum Gasteiger partial charge on any atom is 0.409 e. The molecule has 0 bridgehead atoms. The van der Waals surface area contributed by atoms with Gasteiger partial charge in [0.25, 0.3) is 0 Å². The van der Waals surface area contributed by atoms with Crippen molar-refractivity contribution in [3.63, 3.8) is 0 Å². The third kappa shape index (κ3) is 3.01. The first-order chi connectivity index (χ1) is 8.70. The lowest BCUT2D eigenvalue weighted by atomic mass is 10.1. The highest BCUT2D eigenvalue weighted by molar-refractivity contribution is 5.67. The van der Waals surface area contributed by atoms with Crippen LogP contribution in [0.5, 0.6) is 0 Å². The fourth-order valence-corrected chi connectivity index (χ4v) is 2.01. The Labute approximate surface area is 107 Å². The van der Waals surface area contributed by atoms with Crippen LogP contribution >= 0.6 is 0 Å². The van der Waals surface area contributed by atoms with Gasteiger partial charge in [-0.2, -0.15) is 0 Å². The van der Waals surface area contributed by atoms with Crippen LogP contribution in [0.15, 0.2) is 24.3 Å². The molecule has 0 saturated carbocycles. The third-order valence-corrected chi connectivity index (χ3v) is 3.04. The number of morpholine rings is 1. The van der Waals surface area contributed by atoms with Crippen LogP contribution in [0.4, 0.5) is 4.79 Å². The number of hydrogen-bond acceptors (Lipinski definition) is 3. The van der Waals surface area contributed by atoms with Gasteiger partial charge in [-0.15, -0.1) is 0 Å². The molecule has 1 heterocycles. The second-order valence-corrected chi connectivity index (χ2v) is 4.42. The highest BCUT2D eigenvalue weighted by atomic mass is 16.6. The van der Waals surface area contributed by atoms with Crippen LogP contribution in [0, 0.1) is 6.92 Å². The van der Waals surface area contributed by atoms with Gasteiger partial charge in [0.05, 0.1) is 19.8 Å². The average Bonchev–Trinajstić information content (AvgIpc) is 2.40. The lowest BCUT2D eigenvalue weighted by Crippen LogP contribution is -2.42. The van der Waals surface area contributed by atoms with Gasteiger partial charge in [-0.25, -0.2) is 4.79 Å². The lowest BCUT2D eigenvalue weighted by Gasteiger charge is -2.32. The number of amides is 1. The topological polar surface area (TPSA) is 38.8 Å². The Bertz CT molecular complexity index is 402. The number of rotatable bonds is 2. The van der Waals surface area contributed by atoms with Crippen LogP contribution < -0.4 is 0 Å². The molecule has 1 amide bonds. The molecule has 4 heteroatoms. The van der Waals surface area contributed by atoms with Crippen molar-refractivity contribution in [2.24, 2.45) is 0 Å². The lowest BCUT2D eigenvalue weighted by molar-refractivity contribution is -0.0279. The summed E-state index contributed by atoms with van der Waals surface area (Å²) in [4.78, 5) is 13.4. The van der Waals surface area contributed by atoms with E-state index in [-0.39, 0.29) is 12.2 Å². The van der Waals surface area contributed by atoms with Gasteiger partial charge in [-0.1, -0.05) is 29.8 Å². The Hall–Kier alpha value is -1.55. The summed E-state index contributed by atoms with van der Waals surface area (Å²) in [5, 5.41) is 0. The number of hydrogen-bond donors (Lipinski definition) is 0. The molecule has 2 rings (SSSR count). The molecule has 1 atom stereocenters. The smallest absolute Gasteiger partial charge is 0.409 e. The zero-order valence-electron chi connectivity index (χ0n) is 10.9. The van der Waals surface area contributed by atoms with Gasteiger partial charge < -0.3 is 14.4 Å². The maximum absolute atomic E-state index is 11.7. The Morgan fingerprint density at radius 1 is 1.44 bits per heavy atom. The SMILES string of the molecule is CCOC(=O)N1CCOC(c2ccc(C)cc2)C1. The van der Waals surface area contributed by atoms with Gasteiger partial charge >= 0.3 is 6.09 Å². The number of ether oxygens (including phenoxy) is 2. The molecule has 18 heavy (non-hydrogen) atoms. The molecule has 1 unspecified atom stereocenters. The van der Waals surface area contributed by atoms with E-state index in [1.165, 1.54) is 5.56 Å². The minimum Gasteiger partial charge on any atom is -0.450 e. The van der Waals surface area contributed by atoms with E-state index >= 15 is 0 Å². The molecular weight excluding hydrogens is 230 g/mol. The van der Waals surface area contributed by atoms with E-state index in [9.17, 15) is 4.79 Å². The Morgan fingerprint density at radius 3 is 2.83 bits per heavy atom. The van der Waals surface area contributed by atoms with Gasteiger partial charge in [-0.3, -0.25) is 0 Å². The van der Waals surface area contributed by atoms with E-state index in [0.29, 0.717) is 26.3 Å². The van der Waals surface area contributed by atoms with Gasteiger partial charge in [0, 0.05) is 6.54 Å². The predicted molar refractivity (Wildman–Crippen MR) is 68.5 cm³/mol. The van der Waals surface area contributed by atoms with Gasteiger partial charge in [0.15, 0.2) is 0 Å². The van der Waals surface area contributed by atoms with Crippen molar-refractivity contribution in [2.75, 3.05) is 26.3 Å². The summed E-state index contributed by atoms with van der Waals surface area (Å²) in [5.41, 5.74) is 2.33. The first-order valence-corrected chi connectivity index (χ1v) is 6.30. The molecule has 0 radical (unpaired) electrons. The van der Waals surface area contributed by atoms with E-state index < -0.39 is 0 Å². The minimum absolute atomic E-state index is 0.0521. The number of carbonyl (C=O) groups excluding carboxylic acids is 1. The first kappa shape index (κ1) is 12.9. The molecule has 4 nitrogen and oxygen atoms in total. The first-order valence-electron chi connectivity index (χ1n) is 6.30. The minimum atomic E-state index is -0.252. The third-order valence-electron chi connectivity index (χ3n) is 3.04. The fraction of sp³-hybridized carbons (Fsp3) is 0.500. The Balaban J connectivity index is 2.02. The molecule has 0 aromatic heterocycles. The zero-order valence-corrected chi connectivity index (χ0v) is 10.9. The molecule has 0 spiro atoms. The summed E-state index contributed by atoms with van der Waals surface area (Å²) in [7, 11) is 0. The quantitative estimate of drug-likeness (QED) is 0.808. The van der Waals surface area contributed by atoms with E-state index in [2.05, 4.69) is 31.2 Å². The second-order valence-electron chi connectivity index (χ2n) is 4.42. The second kappa shape index (κ2) is 5.87. The number of benzene rings is 1. The molecular formula is C14H19NO3. The molecule has 1 fully saturated rings. The zero-order chi connectivity index (χ0) is 13.0. The summed E-state index contributed by atoms with van der Waals surface area (Å²) in [6, 6.07) is 8.22. The summed E-state index contributed by atoms with van der Waals surface area (Å²) in [6.07, 6.45) is -0.304. The van der Waals surface area contributed by atoms with Crippen molar-refractivity contribution in [1.82, 2.24) is 4.90 Å². The molecule has 1 saturated heterocycles. The van der Waals surface area contributed by atoms with Crippen molar-refractivity contribution in [3.8, 4) is 0 Å². The molecule has 1 aromatic rings. The Morgan fingerprint density at radius 2 is 2.17 bits per heavy atom. The summed E-state index contributed by atoms with van der Waals surface area (Å²) in [6.45, 7) is 5.98. The monoisotopic (exact) mass is 249 g/mol. The van der Waals surface area contributed by atoms with Crippen molar-refractivity contribution < 1.29 is 14.3 Å². The summed E-state index contributed by atoms with van der Waals surface area (Å²) < 4.78 is 10.7. The highest BCUT2D eigenvalue weighted by Crippen LogP contribution is 2.22. The van der Waals surface area contributed by atoms with Crippen LogP contribution in [-0.2, 0) is 9.47 Å². The predicted octanol–water partition coefficient (Wildman–Crippen LogP) is 2.52. The average molecular weight is 249 g/mol. The molecule has 1 aromatic carbocycles. The molecule has 98 valence electrons. The fourth-order valence-electron chi connectivity index (χ4n) is 2.01. The largest absolute Gasteiger partial charge is 0.450 e. The van der Waals surface area contributed by atoms with E-state index in [4.69, 9.17) is 9.47 Å². The maximum atomic E-state index is 11.7. The summed E-state index contributed by atoms with van der Waals surface area (Å²) in [5.74, 6) is 0. The van der Waals surface area contributed by atoms with Crippen LogP contribution in [0.1, 0.15) is 24.2 Å². The van der Waals surface area contributed by atoms with Crippen molar-refractivity contribution in [3.05, 3.63) is 35.4 Å². The van der Waals surface area contributed by atoms with Crippen molar-refractivity contribution >= 4 is 6.09 Å². The number of nitrogens with zero attached hydrogens (tertiary/aromatic N) is 1. The van der Waals surface area contributed by atoms with Gasteiger partial charge in [0.1, 0.15) is 6.10 Å². The van der Waals surface area contributed by atoms with E-state index in [1.54, 1.807) is 4.90 Å². The number of aryl methyl sites for hydroxylation is 1. The van der Waals surface area contributed by atoms with Crippen LogP contribution in [0.2, 0.25) is 0 Å². The van der Waals surface area contributed by atoms with Crippen LogP contribution in [-0.4, -0.2) is 37.3 Å². The number of carbonyl (C=O) groups is 1. The van der Waals surface area contributed by atoms with Crippen LogP contribution in [0.25, 0.3) is 0 Å². The summed E-state index contributed by atoms with van der Waals surface area (Å²) >= 11 is 0.